The Balaban J connectivity index is 1.96. The van der Waals surface area contributed by atoms with Crippen molar-refractivity contribution in [3.05, 3.63) is 0 Å². The third-order valence-electron chi connectivity index (χ3n) is 3.07. The van der Waals surface area contributed by atoms with Gasteiger partial charge >= 0.3 is 0 Å². The molecule has 0 amide bonds. The molecule has 0 saturated carbocycles. The van der Waals surface area contributed by atoms with E-state index in [1.54, 1.807) is 0 Å². The second kappa shape index (κ2) is 7.70. The van der Waals surface area contributed by atoms with Crippen LogP contribution in [-0.4, -0.2) is 18.0 Å². The number of hydrogen-bond donors (Lipinski definition) is 0. The summed E-state index contributed by atoms with van der Waals surface area (Å²) in [6.07, 6.45) is 9.36. The molecule has 0 N–H and O–H groups in total. The second-order valence-corrected chi connectivity index (χ2v) is 5.67. The van der Waals surface area contributed by atoms with Gasteiger partial charge in [-0.05, 0) is 31.6 Å². The monoisotopic (exact) mass is 262 g/mol. The molecule has 1 saturated heterocycles. The van der Waals surface area contributed by atoms with Crippen molar-refractivity contribution in [2.24, 2.45) is 5.92 Å². The molecule has 0 aromatic carbocycles. The molecule has 0 spiro atoms. The smallest absolute Gasteiger partial charge is 0.0468 e. The van der Waals surface area contributed by atoms with Crippen molar-refractivity contribution >= 4 is 15.9 Å². The Bertz CT molecular complexity index is 132. The molecule has 1 unspecified atom stereocenters. The van der Waals surface area contributed by atoms with Gasteiger partial charge in [0, 0.05) is 18.0 Å². The topological polar surface area (TPSA) is 9.23 Å². The maximum atomic E-state index is 5.36. The Labute approximate surface area is 96.7 Å². The minimum atomic E-state index is 0.757. The Kier molecular flexibility index (Phi) is 6.88. The lowest BCUT2D eigenvalue weighted by atomic mass is 9.93. The lowest BCUT2D eigenvalue weighted by molar-refractivity contribution is 0.0631. The van der Waals surface area contributed by atoms with Crippen LogP contribution < -0.4 is 0 Å². The Hall–Kier alpha value is 0.440. The van der Waals surface area contributed by atoms with E-state index >= 15 is 0 Å². The summed E-state index contributed by atoms with van der Waals surface area (Å²) in [6.45, 7) is 4.25. The highest BCUT2D eigenvalue weighted by molar-refractivity contribution is 9.09. The van der Waals surface area contributed by atoms with E-state index in [0.717, 1.165) is 24.0 Å². The van der Waals surface area contributed by atoms with Gasteiger partial charge in [-0.2, -0.15) is 0 Å². The van der Waals surface area contributed by atoms with Gasteiger partial charge in [0.1, 0.15) is 0 Å². The fraction of sp³-hybridized carbons (Fsp3) is 1.00. The van der Waals surface area contributed by atoms with E-state index in [1.165, 1.54) is 44.9 Å². The first-order valence-corrected chi connectivity index (χ1v) is 6.96. The molecule has 1 aliphatic heterocycles. The Morgan fingerprint density at radius 2 is 2.00 bits per heavy atom. The minimum absolute atomic E-state index is 0.757. The largest absolute Gasteiger partial charge is 0.381 e. The van der Waals surface area contributed by atoms with Crippen LogP contribution in [0.3, 0.4) is 0 Å². The van der Waals surface area contributed by atoms with E-state index in [2.05, 4.69) is 22.9 Å². The molecular weight excluding hydrogens is 240 g/mol. The van der Waals surface area contributed by atoms with Crippen LogP contribution in [-0.2, 0) is 4.74 Å². The molecular formula is C12H23BrO. The first-order chi connectivity index (χ1) is 6.83. The van der Waals surface area contributed by atoms with Crippen molar-refractivity contribution in [2.45, 2.75) is 56.7 Å². The van der Waals surface area contributed by atoms with Crippen LogP contribution >= 0.6 is 15.9 Å². The van der Waals surface area contributed by atoms with E-state index in [9.17, 15) is 0 Å². The molecule has 1 aliphatic rings. The van der Waals surface area contributed by atoms with Crippen LogP contribution in [0.2, 0.25) is 0 Å². The van der Waals surface area contributed by atoms with Crippen LogP contribution in [0.1, 0.15) is 51.9 Å². The molecule has 84 valence electrons. The predicted octanol–water partition coefficient (Wildman–Crippen LogP) is 4.15. The van der Waals surface area contributed by atoms with Crippen molar-refractivity contribution in [1.82, 2.24) is 0 Å². The van der Waals surface area contributed by atoms with Gasteiger partial charge in [-0.1, -0.05) is 42.1 Å². The molecule has 14 heavy (non-hydrogen) atoms. The lowest BCUT2D eigenvalue weighted by Crippen LogP contribution is -2.15. The third kappa shape index (κ3) is 5.35. The SMILES string of the molecule is CCCC(Br)CCCC1CCOCC1. The van der Waals surface area contributed by atoms with Crippen molar-refractivity contribution in [3.8, 4) is 0 Å². The van der Waals surface area contributed by atoms with E-state index in [-0.39, 0.29) is 0 Å². The fourth-order valence-electron chi connectivity index (χ4n) is 2.12. The maximum absolute atomic E-state index is 5.36. The number of alkyl halides is 1. The average Bonchev–Trinajstić information content (AvgIpc) is 2.20. The second-order valence-electron chi connectivity index (χ2n) is 4.37. The van der Waals surface area contributed by atoms with Gasteiger partial charge in [0.05, 0.1) is 0 Å². The van der Waals surface area contributed by atoms with Crippen molar-refractivity contribution in [1.29, 1.82) is 0 Å². The average molecular weight is 263 g/mol. The standard InChI is InChI=1S/C12H23BrO/c1-2-4-12(13)6-3-5-11-7-9-14-10-8-11/h11-12H,2-10H2,1H3. The van der Waals surface area contributed by atoms with Crippen molar-refractivity contribution < 1.29 is 4.74 Å². The number of rotatable bonds is 6. The highest BCUT2D eigenvalue weighted by Gasteiger charge is 2.13. The Morgan fingerprint density at radius 3 is 2.64 bits per heavy atom. The molecule has 1 fully saturated rings. The van der Waals surface area contributed by atoms with Crippen LogP contribution in [0.25, 0.3) is 0 Å². The zero-order chi connectivity index (χ0) is 10.2. The molecule has 0 aromatic heterocycles. The Morgan fingerprint density at radius 1 is 1.29 bits per heavy atom. The minimum Gasteiger partial charge on any atom is -0.381 e. The van der Waals surface area contributed by atoms with Crippen molar-refractivity contribution in [3.63, 3.8) is 0 Å². The van der Waals surface area contributed by atoms with Crippen LogP contribution in [0.4, 0.5) is 0 Å². The van der Waals surface area contributed by atoms with Crippen molar-refractivity contribution in [2.75, 3.05) is 13.2 Å². The van der Waals surface area contributed by atoms with Crippen LogP contribution in [0.5, 0.6) is 0 Å². The van der Waals surface area contributed by atoms with Gasteiger partial charge in [-0.3, -0.25) is 0 Å². The summed E-state index contributed by atoms with van der Waals surface area (Å²) in [7, 11) is 0. The lowest BCUT2D eigenvalue weighted by Gasteiger charge is -2.22. The fourth-order valence-corrected chi connectivity index (χ4v) is 2.90. The molecule has 0 aromatic rings. The summed E-state index contributed by atoms with van der Waals surface area (Å²) in [4.78, 5) is 0.757. The molecule has 1 nitrogen and oxygen atoms in total. The summed E-state index contributed by atoms with van der Waals surface area (Å²) < 4.78 is 5.36. The number of ether oxygens (including phenoxy) is 1. The van der Waals surface area contributed by atoms with Gasteiger partial charge in [0.15, 0.2) is 0 Å². The summed E-state index contributed by atoms with van der Waals surface area (Å²) in [5.74, 6) is 0.949. The summed E-state index contributed by atoms with van der Waals surface area (Å²) in [6, 6.07) is 0. The summed E-state index contributed by atoms with van der Waals surface area (Å²) in [5.41, 5.74) is 0. The van der Waals surface area contributed by atoms with E-state index in [1.807, 2.05) is 0 Å². The number of hydrogen-bond acceptors (Lipinski definition) is 1. The van der Waals surface area contributed by atoms with Gasteiger partial charge in [-0.25, -0.2) is 0 Å². The van der Waals surface area contributed by atoms with Gasteiger partial charge in [0.2, 0.25) is 0 Å². The van der Waals surface area contributed by atoms with Gasteiger partial charge < -0.3 is 4.74 Å². The molecule has 1 atom stereocenters. The molecule has 1 rings (SSSR count). The molecule has 0 aliphatic carbocycles. The first kappa shape index (κ1) is 12.5. The van der Waals surface area contributed by atoms with E-state index < -0.39 is 0 Å². The first-order valence-electron chi connectivity index (χ1n) is 6.04. The van der Waals surface area contributed by atoms with Crippen LogP contribution in [0, 0.1) is 5.92 Å². The summed E-state index contributed by atoms with van der Waals surface area (Å²) in [5, 5.41) is 0. The third-order valence-corrected chi connectivity index (χ3v) is 3.99. The highest BCUT2D eigenvalue weighted by atomic mass is 79.9. The maximum Gasteiger partial charge on any atom is 0.0468 e. The highest BCUT2D eigenvalue weighted by Crippen LogP contribution is 2.23. The quantitative estimate of drug-likeness (QED) is 0.654. The predicted molar refractivity (Wildman–Crippen MR) is 65.0 cm³/mol. The van der Waals surface area contributed by atoms with Gasteiger partial charge in [-0.15, -0.1) is 0 Å². The molecule has 0 radical (unpaired) electrons. The van der Waals surface area contributed by atoms with E-state index in [4.69, 9.17) is 4.74 Å². The van der Waals surface area contributed by atoms with E-state index in [0.29, 0.717) is 0 Å². The zero-order valence-corrected chi connectivity index (χ0v) is 10.9. The van der Waals surface area contributed by atoms with Crippen LogP contribution in [0.15, 0.2) is 0 Å². The van der Waals surface area contributed by atoms with Gasteiger partial charge in [0.25, 0.3) is 0 Å². The number of halogens is 1. The zero-order valence-electron chi connectivity index (χ0n) is 9.30. The molecule has 0 bridgehead atoms. The summed E-state index contributed by atoms with van der Waals surface area (Å²) >= 11 is 3.74. The normalized spacial score (nSPS) is 21.0. The molecule has 1 heterocycles. The molecule has 2 heteroatoms.